The van der Waals surface area contributed by atoms with E-state index in [2.05, 4.69) is 20.8 Å². The maximum absolute atomic E-state index is 12.3. The van der Waals surface area contributed by atoms with Gasteiger partial charge in [-0.05, 0) is 39.7 Å². The molecule has 0 radical (unpaired) electrons. The van der Waals surface area contributed by atoms with Crippen LogP contribution in [0.3, 0.4) is 0 Å². The summed E-state index contributed by atoms with van der Waals surface area (Å²) in [6, 6.07) is 7.40. The van der Waals surface area contributed by atoms with Gasteiger partial charge in [0.25, 0.3) is 5.91 Å². The Hall–Kier alpha value is -3.10. The van der Waals surface area contributed by atoms with E-state index in [1.165, 1.54) is 0 Å². The number of aromatic amines is 1. The number of fused-ring (bicyclic) bond motifs is 1. The van der Waals surface area contributed by atoms with Crippen LogP contribution in [-0.4, -0.2) is 64.3 Å². The molecule has 1 aliphatic heterocycles. The zero-order chi connectivity index (χ0) is 21.7. The molecule has 1 aliphatic rings. The van der Waals surface area contributed by atoms with Gasteiger partial charge in [0.05, 0.1) is 5.52 Å². The summed E-state index contributed by atoms with van der Waals surface area (Å²) in [4.78, 5) is 38.3. The summed E-state index contributed by atoms with van der Waals surface area (Å²) < 4.78 is 5.38. The summed E-state index contributed by atoms with van der Waals surface area (Å²) in [5.41, 5.74) is 0.591. The summed E-state index contributed by atoms with van der Waals surface area (Å²) in [6.07, 6.45) is 1.22. The van der Waals surface area contributed by atoms with Gasteiger partial charge in [0.1, 0.15) is 5.60 Å². The number of H-pyrrole nitrogens is 1. The Morgan fingerprint density at radius 1 is 1.20 bits per heavy atom. The van der Waals surface area contributed by atoms with Crippen molar-refractivity contribution in [2.75, 3.05) is 19.6 Å². The minimum atomic E-state index is -0.519. The molecule has 3 rings (SSSR count). The molecular formula is C21H29N5O4. The molecule has 1 aromatic carbocycles. The molecule has 30 heavy (non-hydrogen) atoms. The number of nitrogens with one attached hydrogen (secondary N) is 3. The van der Waals surface area contributed by atoms with Crippen molar-refractivity contribution in [1.29, 1.82) is 0 Å². The lowest BCUT2D eigenvalue weighted by molar-refractivity contribution is -0.121. The van der Waals surface area contributed by atoms with Crippen molar-refractivity contribution >= 4 is 28.8 Å². The van der Waals surface area contributed by atoms with Crippen LogP contribution in [0, 0.1) is 0 Å². The lowest BCUT2D eigenvalue weighted by Crippen LogP contribution is -2.48. The van der Waals surface area contributed by atoms with Crippen LogP contribution in [0.15, 0.2) is 24.3 Å². The molecule has 1 saturated heterocycles. The molecule has 2 heterocycles. The number of hydrogen-bond donors (Lipinski definition) is 3. The molecule has 0 bridgehead atoms. The largest absolute Gasteiger partial charge is 0.444 e. The number of nitrogens with zero attached hydrogens (tertiary/aromatic N) is 2. The van der Waals surface area contributed by atoms with Crippen LogP contribution >= 0.6 is 0 Å². The van der Waals surface area contributed by atoms with Crippen LogP contribution in [0.5, 0.6) is 0 Å². The van der Waals surface area contributed by atoms with Crippen molar-refractivity contribution in [3.63, 3.8) is 0 Å². The first-order chi connectivity index (χ1) is 14.2. The molecular weight excluding hydrogens is 386 g/mol. The molecule has 0 spiro atoms. The van der Waals surface area contributed by atoms with E-state index in [4.69, 9.17) is 4.74 Å². The first-order valence-corrected chi connectivity index (χ1v) is 10.2. The van der Waals surface area contributed by atoms with Crippen LogP contribution in [0.25, 0.3) is 10.9 Å². The minimum Gasteiger partial charge on any atom is -0.444 e. The summed E-state index contributed by atoms with van der Waals surface area (Å²) in [5, 5.41) is 13.3. The number of ether oxygens (including phenoxy) is 1. The third kappa shape index (κ3) is 5.71. The van der Waals surface area contributed by atoms with Crippen LogP contribution in [0.1, 0.15) is 50.5 Å². The van der Waals surface area contributed by atoms with Crippen molar-refractivity contribution in [3.8, 4) is 0 Å². The van der Waals surface area contributed by atoms with Crippen LogP contribution in [-0.2, 0) is 9.53 Å². The fourth-order valence-corrected chi connectivity index (χ4v) is 3.34. The topological polar surface area (TPSA) is 116 Å². The molecule has 9 heteroatoms. The third-order valence-electron chi connectivity index (χ3n) is 4.83. The Bertz CT molecular complexity index is 910. The van der Waals surface area contributed by atoms with E-state index < -0.39 is 5.60 Å². The molecule has 1 fully saturated rings. The lowest BCUT2D eigenvalue weighted by atomic mass is 10.1. The predicted molar refractivity (Wildman–Crippen MR) is 112 cm³/mol. The second-order valence-corrected chi connectivity index (χ2v) is 8.43. The molecule has 0 atom stereocenters. The number of piperidine rings is 1. The molecule has 0 saturated carbocycles. The Labute approximate surface area is 175 Å². The van der Waals surface area contributed by atoms with E-state index in [9.17, 15) is 14.4 Å². The SMILES string of the molecule is CC(C)(C)OC(=O)N1CCC(NC(=O)CCNC(=O)c2n[nH]c3ccccc23)CC1. The number of likely N-dealkylation sites (tertiary alicyclic amines) is 1. The highest BCUT2D eigenvalue weighted by Crippen LogP contribution is 2.16. The second-order valence-electron chi connectivity index (χ2n) is 8.43. The summed E-state index contributed by atoms with van der Waals surface area (Å²) in [6.45, 7) is 6.83. The standard InChI is InChI=1S/C21H29N5O4/c1-21(2,3)30-20(29)26-12-9-14(10-13-26)23-17(27)8-11-22-19(28)18-15-6-4-5-7-16(15)24-25-18/h4-7,14H,8-13H2,1-3H3,(H,22,28)(H,23,27)(H,24,25). The van der Waals surface area contributed by atoms with Gasteiger partial charge in [0.2, 0.25) is 5.91 Å². The van der Waals surface area contributed by atoms with E-state index in [-0.39, 0.29) is 36.9 Å². The van der Waals surface area contributed by atoms with Gasteiger partial charge in [-0.2, -0.15) is 5.10 Å². The Morgan fingerprint density at radius 3 is 2.60 bits per heavy atom. The number of carbonyl (C=O) groups excluding carboxylic acids is 3. The molecule has 9 nitrogen and oxygen atoms in total. The molecule has 0 aliphatic carbocycles. The highest BCUT2D eigenvalue weighted by atomic mass is 16.6. The normalized spacial score (nSPS) is 15.1. The van der Waals surface area contributed by atoms with Crippen molar-refractivity contribution in [1.82, 2.24) is 25.7 Å². The summed E-state index contributed by atoms with van der Waals surface area (Å²) in [7, 11) is 0. The lowest BCUT2D eigenvalue weighted by Gasteiger charge is -2.33. The summed E-state index contributed by atoms with van der Waals surface area (Å²) in [5.74, 6) is -0.441. The molecule has 0 unspecified atom stereocenters. The molecule has 162 valence electrons. The predicted octanol–water partition coefficient (Wildman–Crippen LogP) is 2.20. The molecule has 1 aromatic heterocycles. The van der Waals surface area contributed by atoms with E-state index in [1.54, 1.807) is 4.90 Å². The number of amides is 3. The van der Waals surface area contributed by atoms with E-state index in [1.807, 2.05) is 45.0 Å². The number of aromatic nitrogens is 2. The Kier molecular flexibility index (Phi) is 6.59. The number of para-hydroxylation sites is 1. The smallest absolute Gasteiger partial charge is 0.410 e. The maximum Gasteiger partial charge on any atom is 0.410 e. The van der Waals surface area contributed by atoms with Gasteiger partial charge in [-0.3, -0.25) is 14.7 Å². The van der Waals surface area contributed by atoms with Crippen molar-refractivity contribution < 1.29 is 19.1 Å². The number of carbonyl (C=O) groups is 3. The van der Waals surface area contributed by atoms with Crippen molar-refractivity contribution in [2.24, 2.45) is 0 Å². The van der Waals surface area contributed by atoms with Gasteiger partial charge in [-0.25, -0.2) is 4.79 Å². The fraction of sp³-hybridized carbons (Fsp3) is 0.524. The summed E-state index contributed by atoms with van der Waals surface area (Å²) >= 11 is 0. The van der Waals surface area contributed by atoms with E-state index >= 15 is 0 Å². The number of rotatable bonds is 5. The first kappa shape index (κ1) is 21.6. The monoisotopic (exact) mass is 415 g/mol. The fourth-order valence-electron chi connectivity index (χ4n) is 3.34. The van der Waals surface area contributed by atoms with Gasteiger partial charge in [0, 0.05) is 37.5 Å². The quantitative estimate of drug-likeness (QED) is 0.692. The minimum absolute atomic E-state index is 0.0159. The molecule has 2 aromatic rings. The van der Waals surface area contributed by atoms with Crippen molar-refractivity contribution in [2.45, 2.75) is 51.7 Å². The van der Waals surface area contributed by atoms with Gasteiger partial charge in [0.15, 0.2) is 5.69 Å². The van der Waals surface area contributed by atoms with Gasteiger partial charge < -0.3 is 20.3 Å². The van der Waals surface area contributed by atoms with Crippen molar-refractivity contribution in [3.05, 3.63) is 30.0 Å². The molecule has 3 amide bonds. The third-order valence-corrected chi connectivity index (χ3v) is 4.83. The number of hydrogen-bond acceptors (Lipinski definition) is 5. The zero-order valence-electron chi connectivity index (χ0n) is 17.7. The highest BCUT2D eigenvalue weighted by molar-refractivity contribution is 6.04. The Balaban J connectivity index is 1.37. The maximum atomic E-state index is 12.3. The zero-order valence-corrected chi connectivity index (χ0v) is 17.7. The molecule has 3 N–H and O–H groups in total. The average Bonchev–Trinajstić information content (AvgIpc) is 3.11. The van der Waals surface area contributed by atoms with Crippen LogP contribution in [0.2, 0.25) is 0 Å². The first-order valence-electron chi connectivity index (χ1n) is 10.2. The van der Waals surface area contributed by atoms with E-state index in [0.29, 0.717) is 31.6 Å². The van der Waals surface area contributed by atoms with Crippen LogP contribution < -0.4 is 10.6 Å². The van der Waals surface area contributed by atoms with Gasteiger partial charge in [-0.15, -0.1) is 0 Å². The number of benzene rings is 1. The Morgan fingerprint density at radius 2 is 1.90 bits per heavy atom. The highest BCUT2D eigenvalue weighted by Gasteiger charge is 2.27. The van der Waals surface area contributed by atoms with E-state index in [0.717, 1.165) is 10.9 Å². The van der Waals surface area contributed by atoms with Crippen LogP contribution in [0.4, 0.5) is 4.79 Å². The van der Waals surface area contributed by atoms with Gasteiger partial charge in [-0.1, -0.05) is 18.2 Å². The van der Waals surface area contributed by atoms with Gasteiger partial charge >= 0.3 is 6.09 Å². The second kappa shape index (κ2) is 9.15. The average molecular weight is 415 g/mol.